The first-order valence-corrected chi connectivity index (χ1v) is 7.47. The molecule has 0 aliphatic rings. The summed E-state index contributed by atoms with van der Waals surface area (Å²) in [6, 6.07) is 0.0748. The van der Waals surface area contributed by atoms with Crippen LogP contribution in [0.2, 0.25) is 0 Å². The third-order valence-electron chi connectivity index (χ3n) is 1.84. The van der Waals surface area contributed by atoms with E-state index >= 15 is 0 Å². The van der Waals surface area contributed by atoms with Crippen LogP contribution in [0.1, 0.15) is 33.6 Å². The summed E-state index contributed by atoms with van der Waals surface area (Å²) in [4.78, 5) is 2.27. The van der Waals surface area contributed by atoms with Crippen LogP contribution in [0.25, 0.3) is 0 Å². The van der Waals surface area contributed by atoms with Crippen LogP contribution < -0.4 is 4.72 Å². The monoisotopic (exact) mass is 247 g/mol. The van der Waals surface area contributed by atoms with Gasteiger partial charge in [-0.15, -0.1) is 0 Å². The van der Waals surface area contributed by atoms with Gasteiger partial charge in [0.25, 0.3) is 0 Å². The minimum absolute atomic E-state index is 0.0748. The van der Waals surface area contributed by atoms with Crippen molar-refractivity contribution < 1.29 is 4.21 Å². The van der Waals surface area contributed by atoms with Gasteiger partial charge < -0.3 is 0 Å². The zero-order valence-corrected chi connectivity index (χ0v) is 11.6. The van der Waals surface area contributed by atoms with E-state index in [2.05, 4.69) is 31.2 Å². The topological polar surface area (TPSA) is 29.1 Å². The summed E-state index contributed by atoms with van der Waals surface area (Å²) in [5, 5.41) is 0. The van der Waals surface area contributed by atoms with E-state index in [9.17, 15) is 4.21 Å². The molecule has 2 nitrogen and oxygen atoms in total. The first-order chi connectivity index (χ1) is 6.97. The van der Waals surface area contributed by atoms with Gasteiger partial charge in [-0.1, -0.05) is 37.8 Å². The zero-order chi connectivity index (χ0) is 11.8. The van der Waals surface area contributed by atoms with Crippen molar-refractivity contribution in [1.82, 2.24) is 4.72 Å². The maximum atomic E-state index is 11.0. The Bertz CT molecular complexity index is 261. The second-order valence-electron chi connectivity index (χ2n) is 3.47. The van der Waals surface area contributed by atoms with Crippen LogP contribution in [-0.4, -0.2) is 16.5 Å². The van der Waals surface area contributed by atoms with Crippen LogP contribution in [0.4, 0.5) is 0 Å². The van der Waals surface area contributed by atoms with Crippen molar-refractivity contribution in [2.45, 2.75) is 39.7 Å². The van der Waals surface area contributed by atoms with Crippen LogP contribution in [0, 0.1) is 0 Å². The fraction of sp³-hybridized carbons (Fsp3) is 0.636. The van der Waals surface area contributed by atoms with Gasteiger partial charge in [-0.25, -0.2) is 8.93 Å². The molecule has 2 unspecified atom stereocenters. The van der Waals surface area contributed by atoms with E-state index in [4.69, 9.17) is 0 Å². The SMILES string of the molecule is C=C(S/C(C)=C\CCC)C(C)NS(C)=O. The highest BCUT2D eigenvalue weighted by atomic mass is 32.2. The second kappa shape index (κ2) is 8.13. The van der Waals surface area contributed by atoms with Gasteiger partial charge in [0.15, 0.2) is 0 Å². The summed E-state index contributed by atoms with van der Waals surface area (Å²) in [5.74, 6) is 0. The van der Waals surface area contributed by atoms with Gasteiger partial charge in [0, 0.05) is 12.3 Å². The van der Waals surface area contributed by atoms with Crippen molar-refractivity contribution in [1.29, 1.82) is 0 Å². The van der Waals surface area contributed by atoms with Crippen molar-refractivity contribution in [2.75, 3.05) is 6.26 Å². The molecule has 0 heterocycles. The summed E-state index contributed by atoms with van der Waals surface area (Å²) in [6.07, 6.45) is 6.12. The van der Waals surface area contributed by atoms with E-state index in [1.54, 1.807) is 18.0 Å². The number of thioether (sulfide) groups is 1. The van der Waals surface area contributed by atoms with Gasteiger partial charge in [0.2, 0.25) is 0 Å². The van der Waals surface area contributed by atoms with Gasteiger partial charge in [-0.3, -0.25) is 0 Å². The molecule has 15 heavy (non-hydrogen) atoms. The maximum Gasteiger partial charge on any atom is 0.0889 e. The lowest BCUT2D eigenvalue weighted by atomic mass is 10.3. The van der Waals surface area contributed by atoms with Gasteiger partial charge in [-0.2, -0.15) is 0 Å². The van der Waals surface area contributed by atoms with Crippen molar-refractivity contribution in [3.05, 3.63) is 22.5 Å². The molecule has 0 spiro atoms. The average molecular weight is 247 g/mol. The molecule has 1 N–H and O–H groups in total. The molecule has 0 radical (unpaired) electrons. The maximum absolute atomic E-state index is 11.0. The lowest BCUT2D eigenvalue weighted by Crippen LogP contribution is -2.27. The highest BCUT2D eigenvalue weighted by Crippen LogP contribution is 2.26. The molecule has 0 bridgehead atoms. The van der Waals surface area contributed by atoms with Crippen molar-refractivity contribution in [3.63, 3.8) is 0 Å². The molecule has 0 aliphatic heterocycles. The lowest BCUT2D eigenvalue weighted by molar-refractivity contribution is 0.669. The normalized spacial score (nSPS) is 16.1. The first kappa shape index (κ1) is 14.9. The molecule has 0 saturated heterocycles. The van der Waals surface area contributed by atoms with E-state index in [0.29, 0.717) is 0 Å². The molecule has 0 aromatic carbocycles. The number of hydrogen-bond donors (Lipinski definition) is 1. The Labute approximate surface area is 100 Å². The molecule has 0 saturated carbocycles. The molecule has 0 aromatic rings. The fourth-order valence-corrected chi connectivity index (χ4v) is 2.56. The highest BCUT2D eigenvalue weighted by molar-refractivity contribution is 8.06. The molecular weight excluding hydrogens is 226 g/mol. The van der Waals surface area contributed by atoms with E-state index in [-0.39, 0.29) is 6.04 Å². The molecule has 0 aromatic heterocycles. The van der Waals surface area contributed by atoms with E-state index in [1.807, 2.05) is 6.92 Å². The third kappa shape index (κ3) is 7.82. The van der Waals surface area contributed by atoms with Crippen LogP contribution >= 0.6 is 11.8 Å². The summed E-state index contributed by atoms with van der Waals surface area (Å²) < 4.78 is 13.9. The standard InChI is InChI=1S/C11H21NOS2/c1-6-7-8-9(2)14-11(4)10(3)12-15(5)13/h8,10,12H,4,6-7H2,1-3,5H3/b9-8-. The number of allylic oxidation sites excluding steroid dienone is 2. The van der Waals surface area contributed by atoms with Crippen LogP contribution in [0.15, 0.2) is 22.5 Å². The molecular formula is C11H21NOS2. The summed E-state index contributed by atoms with van der Waals surface area (Å²) in [7, 11) is -0.980. The van der Waals surface area contributed by atoms with Gasteiger partial charge in [0.05, 0.1) is 11.0 Å². The molecule has 2 atom stereocenters. The van der Waals surface area contributed by atoms with Gasteiger partial charge >= 0.3 is 0 Å². The number of nitrogens with one attached hydrogen (secondary N) is 1. The molecule has 88 valence electrons. The van der Waals surface area contributed by atoms with Crippen LogP contribution in [0.5, 0.6) is 0 Å². The quantitative estimate of drug-likeness (QED) is 0.748. The largest absolute Gasteiger partial charge is 0.243 e. The minimum Gasteiger partial charge on any atom is -0.243 e. The Hall–Kier alpha value is -0.0600. The molecule has 0 rings (SSSR count). The highest BCUT2D eigenvalue weighted by Gasteiger charge is 2.08. The predicted octanol–water partition coefficient (Wildman–Crippen LogP) is 3.21. The fourth-order valence-electron chi connectivity index (χ4n) is 0.999. The average Bonchev–Trinajstić information content (AvgIpc) is 2.13. The number of unbranched alkanes of at least 4 members (excludes halogenated alkanes) is 1. The molecule has 0 fully saturated rings. The number of hydrogen-bond acceptors (Lipinski definition) is 2. The van der Waals surface area contributed by atoms with Crippen molar-refractivity contribution >= 4 is 22.7 Å². The lowest BCUT2D eigenvalue weighted by Gasteiger charge is -2.14. The Kier molecular flexibility index (Phi) is 8.10. The molecule has 0 amide bonds. The van der Waals surface area contributed by atoms with Crippen LogP contribution in [0.3, 0.4) is 0 Å². The van der Waals surface area contributed by atoms with Crippen molar-refractivity contribution in [2.24, 2.45) is 0 Å². The smallest absolute Gasteiger partial charge is 0.0889 e. The van der Waals surface area contributed by atoms with Gasteiger partial charge in [-0.05, 0) is 30.1 Å². The minimum atomic E-state index is -0.980. The summed E-state index contributed by atoms with van der Waals surface area (Å²) in [6.45, 7) is 10.2. The molecule has 0 aliphatic carbocycles. The second-order valence-corrected chi connectivity index (χ2v) is 5.98. The Morgan fingerprint density at radius 1 is 1.67 bits per heavy atom. The third-order valence-corrected chi connectivity index (χ3v) is 3.63. The molecule has 4 heteroatoms. The first-order valence-electron chi connectivity index (χ1n) is 5.10. The summed E-state index contributed by atoms with van der Waals surface area (Å²) in [5.41, 5.74) is 0. The van der Waals surface area contributed by atoms with E-state index < -0.39 is 11.0 Å². The van der Waals surface area contributed by atoms with Crippen LogP contribution in [-0.2, 0) is 11.0 Å². The zero-order valence-electron chi connectivity index (χ0n) is 10.0. The van der Waals surface area contributed by atoms with E-state index in [0.717, 1.165) is 17.7 Å². The van der Waals surface area contributed by atoms with E-state index in [1.165, 1.54) is 4.91 Å². The Morgan fingerprint density at radius 2 is 2.27 bits per heavy atom. The summed E-state index contributed by atoms with van der Waals surface area (Å²) >= 11 is 1.66. The Balaban J connectivity index is 4.06. The predicted molar refractivity (Wildman–Crippen MR) is 72.1 cm³/mol. The van der Waals surface area contributed by atoms with Gasteiger partial charge in [0.1, 0.15) is 0 Å². The number of rotatable bonds is 7. The Morgan fingerprint density at radius 3 is 2.73 bits per heavy atom. The van der Waals surface area contributed by atoms with Crippen molar-refractivity contribution in [3.8, 4) is 0 Å².